The van der Waals surface area contributed by atoms with E-state index in [1.54, 1.807) is 26.0 Å². The summed E-state index contributed by atoms with van der Waals surface area (Å²) >= 11 is 0. The van der Waals surface area contributed by atoms with Gasteiger partial charge in [0.25, 0.3) is 0 Å². The van der Waals surface area contributed by atoms with Crippen LogP contribution in [0.2, 0.25) is 0 Å². The summed E-state index contributed by atoms with van der Waals surface area (Å²) in [4.78, 5) is 60.6. The van der Waals surface area contributed by atoms with Crippen molar-refractivity contribution in [1.82, 2.24) is 21.3 Å². The number of aliphatic hydroxyl groups is 1. The number of carbonyl (C=O) groups is 5. The summed E-state index contributed by atoms with van der Waals surface area (Å²) in [5.41, 5.74) is 0.673. The number of nitrogens with one attached hydrogen (secondary N) is 4. The van der Waals surface area contributed by atoms with Crippen LogP contribution in [-0.4, -0.2) is 75.7 Å². The number of hydrogen-bond donors (Lipinski definition) is 7. The van der Waals surface area contributed by atoms with E-state index in [1.807, 2.05) is 0 Å². The molecule has 0 saturated carbocycles. The molecule has 0 bridgehead atoms. The van der Waals surface area contributed by atoms with Crippen molar-refractivity contribution >= 4 is 29.6 Å². The maximum absolute atomic E-state index is 13.0. The predicted molar refractivity (Wildman–Crippen MR) is 125 cm³/mol. The Kier molecular flexibility index (Phi) is 11.7. The van der Waals surface area contributed by atoms with Crippen molar-refractivity contribution < 1.29 is 39.3 Å². The summed E-state index contributed by atoms with van der Waals surface area (Å²) in [5.74, 6) is -3.93. The summed E-state index contributed by atoms with van der Waals surface area (Å²) in [6, 6.07) is 1.99. The number of phenolic OH excluding ortho intramolecular Hbond substituents is 1. The summed E-state index contributed by atoms with van der Waals surface area (Å²) in [7, 11) is 0. The molecule has 1 aromatic rings. The van der Waals surface area contributed by atoms with Gasteiger partial charge in [0.2, 0.25) is 23.6 Å². The van der Waals surface area contributed by atoms with E-state index in [-0.39, 0.29) is 18.1 Å². The van der Waals surface area contributed by atoms with E-state index in [0.29, 0.717) is 5.56 Å². The Morgan fingerprint density at radius 3 is 1.94 bits per heavy atom. The number of carboxylic acid groups (broad SMARTS) is 1. The smallest absolute Gasteiger partial charge is 0.305 e. The van der Waals surface area contributed by atoms with Gasteiger partial charge in [-0.25, -0.2) is 0 Å². The Hall–Kier alpha value is -3.67. The highest BCUT2D eigenvalue weighted by molar-refractivity contribution is 5.94. The molecular formula is C23H34N4O8. The van der Waals surface area contributed by atoms with Crippen LogP contribution >= 0.6 is 0 Å². The maximum Gasteiger partial charge on any atom is 0.305 e. The van der Waals surface area contributed by atoms with Crippen LogP contribution < -0.4 is 21.3 Å². The maximum atomic E-state index is 13.0. The number of aromatic hydroxyl groups is 1. The summed E-state index contributed by atoms with van der Waals surface area (Å²) in [6.07, 6.45) is -0.373. The van der Waals surface area contributed by atoms with Gasteiger partial charge in [0.15, 0.2) is 0 Å². The second-order valence-corrected chi connectivity index (χ2v) is 8.57. The van der Waals surface area contributed by atoms with Crippen LogP contribution in [-0.2, 0) is 30.4 Å². The quantitative estimate of drug-likeness (QED) is 0.182. The Morgan fingerprint density at radius 1 is 0.857 bits per heavy atom. The van der Waals surface area contributed by atoms with Gasteiger partial charge in [0, 0.05) is 13.3 Å². The third-order valence-electron chi connectivity index (χ3n) is 5.06. The minimum absolute atomic E-state index is 0.0530. The molecule has 12 nitrogen and oxygen atoms in total. The van der Waals surface area contributed by atoms with Gasteiger partial charge in [-0.05, 0) is 30.5 Å². The van der Waals surface area contributed by atoms with Crippen LogP contribution in [0.1, 0.15) is 39.7 Å². The molecule has 7 N–H and O–H groups in total. The van der Waals surface area contributed by atoms with Crippen molar-refractivity contribution in [3.05, 3.63) is 29.8 Å². The van der Waals surface area contributed by atoms with Crippen LogP contribution in [0.3, 0.4) is 0 Å². The normalized spacial score (nSPS) is 14.2. The third kappa shape index (κ3) is 10.4. The van der Waals surface area contributed by atoms with Crippen molar-refractivity contribution in [2.45, 2.75) is 64.7 Å². The van der Waals surface area contributed by atoms with Crippen LogP contribution in [0.4, 0.5) is 0 Å². The lowest BCUT2D eigenvalue weighted by Crippen LogP contribution is -2.58. The first-order valence-electron chi connectivity index (χ1n) is 11.1. The molecule has 0 aliphatic carbocycles. The number of aliphatic hydroxyl groups excluding tert-OH is 1. The second-order valence-electron chi connectivity index (χ2n) is 8.57. The molecule has 0 radical (unpaired) electrons. The standard InChI is InChI=1S/C23H34N4O8/c1-12(2)20(23(35)24-13(3)21(33)26-16(11-28)10-19(31)32)27-22(34)18(25-14(4)29)9-15-5-7-17(30)8-6-15/h5-8,12-13,16,18,20,28,30H,9-11H2,1-4H3,(H,24,35)(H,25,29)(H,26,33)(H,27,34)(H,31,32)/t13-,16-,18-,20-/m0/s1. The number of amides is 4. The van der Waals surface area contributed by atoms with Gasteiger partial charge in [-0.2, -0.15) is 0 Å². The zero-order chi connectivity index (χ0) is 26.7. The molecule has 0 heterocycles. The molecule has 35 heavy (non-hydrogen) atoms. The van der Waals surface area contributed by atoms with E-state index in [9.17, 15) is 34.2 Å². The molecule has 1 rings (SSSR count). The summed E-state index contributed by atoms with van der Waals surface area (Å²) < 4.78 is 0. The molecule has 0 spiro atoms. The number of aliphatic carboxylic acids is 1. The minimum atomic E-state index is -1.20. The van der Waals surface area contributed by atoms with Gasteiger partial charge in [-0.3, -0.25) is 24.0 Å². The summed E-state index contributed by atoms with van der Waals surface area (Å²) in [6.45, 7) is 5.43. The van der Waals surface area contributed by atoms with Gasteiger partial charge in [-0.1, -0.05) is 26.0 Å². The van der Waals surface area contributed by atoms with E-state index >= 15 is 0 Å². The fourth-order valence-electron chi connectivity index (χ4n) is 3.18. The van der Waals surface area contributed by atoms with Crippen LogP contribution in [0.25, 0.3) is 0 Å². The number of rotatable bonds is 13. The first-order valence-corrected chi connectivity index (χ1v) is 11.1. The fraction of sp³-hybridized carbons (Fsp3) is 0.522. The largest absolute Gasteiger partial charge is 0.508 e. The lowest BCUT2D eigenvalue weighted by molar-refractivity contribution is -0.138. The highest BCUT2D eigenvalue weighted by Crippen LogP contribution is 2.12. The number of carbonyl (C=O) groups excluding carboxylic acids is 4. The third-order valence-corrected chi connectivity index (χ3v) is 5.06. The van der Waals surface area contributed by atoms with Crippen LogP contribution in [0.5, 0.6) is 5.75 Å². The molecule has 0 aliphatic heterocycles. The first kappa shape index (κ1) is 29.4. The molecule has 4 atom stereocenters. The van der Waals surface area contributed by atoms with Gasteiger partial charge in [-0.15, -0.1) is 0 Å². The molecule has 1 aromatic carbocycles. The lowest BCUT2D eigenvalue weighted by atomic mass is 10.0. The van der Waals surface area contributed by atoms with E-state index in [4.69, 9.17) is 5.11 Å². The van der Waals surface area contributed by atoms with Gasteiger partial charge in [0.05, 0.1) is 19.1 Å². The molecule has 0 fully saturated rings. The SMILES string of the molecule is CC(=O)N[C@@H](Cc1ccc(O)cc1)C(=O)N[C@H](C(=O)N[C@@H](C)C(=O)N[C@H](CO)CC(=O)O)C(C)C. The molecule has 0 aliphatic rings. The Morgan fingerprint density at radius 2 is 1.46 bits per heavy atom. The molecule has 0 aromatic heterocycles. The zero-order valence-corrected chi connectivity index (χ0v) is 20.2. The Labute approximate surface area is 203 Å². The second kappa shape index (κ2) is 13.9. The Balaban J connectivity index is 2.87. The monoisotopic (exact) mass is 494 g/mol. The van der Waals surface area contributed by atoms with Gasteiger partial charge in [0.1, 0.15) is 23.9 Å². The van der Waals surface area contributed by atoms with Crippen molar-refractivity contribution in [1.29, 1.82) is 0 Å². The molecule has 0 saturated heterocycles. The van der Waals surface area contributed by atoms with Gasteiger partial charge >= 0.3 is 5.97 Å². The van der Waals surface area contributed by atoms with Crippen molar-refractivity contribution in [2.75, 3.05) is 6.61 Å². The zero-order valence-electron chi connectivity index (χ0n) is 20.2. The predicted octanol–water partition coefficient (Wildman–Crippen LogP) is -0.963. The van der Waals surface area contributed by atoms with E-state index in [0.717, 1.165) is 0 Å². The van der Waals surface area contributed by atoms with Crippen LogP contribution in [0.15, 0.2) is 24.3 Å². The van der Waals surface area contributed by atoms with E-state index in [2.05, 4.69) is 21.3 Å². The fourth-order valence-corrected chi connectivity index (χ4v) is 3.18. The lowest BCUT2D eigenvalue weighted by Gasteiger charge is -2.27. The minimum Gasteiger partial charge on any atom is -0.508 e. The number of hydrogen-bond acceptors (Lipinski definition) is 7. The molecular weight excluding hydrogens is 460 g/mol. The number of benzene rings is 1. The molecule has 4 amide bonds. The first-order chi connectivity index (χ1) is 16.3. The van der Waals surface area contributed by atoms with Gasteiger partial charge < -0.3 is 36.6 Å². The number of phenols is 1. The molecule has 0 unspecified atom stereocenters. The average Bonchev–Trinajstić information content (AvgIpc) is 2.76. The average molecular weight is 495 g/mol. The van der Waals surface area contributed by atoms with Crippen LogP contribution in [0, 0.1) is 5.92 Å². The van der Waals surface area contributed by atoms with Crippen molar-refractivity contribution in [2.24, 2.45) is 5.92 Å². The Bertz CT molecular complexity index is 903. The topological polar surface area (TPSA) is 194 Å². The molecule has 12 heteroatoms. The van der Waals surface area contributed by atoms with Crippen molar-refractivity contribution in [3.63, 3.8) is 0 Å². The summed E-state index contributed by atoms with van der Waals surface area (Å²) in [5, 5.41) is 37.5. The van der Waals surface area contributed by atoms with Crippen molar-refractivity contribution in [3.8, 4) is 5.75 Å². The highest BCUT2D eigenvalue weighted by Gasteiger charge is 2.30. The van der Waals surface area contributed by atoms with E-state index < -0.39 is 66.8 Å². The molecule has 194 valence electrons. The van der Waals surface area contributed by atoms with E-state index in [1.165, 1.54) is 26.0 Å². The number of carboxylic acids is 1. The highest BCUT2D eigenvalue weighted by atomic mass is 16.4.